The number of rotatable bonds is 4. The average Bonchev–Trinajstić information content (AvgIpc) is 2.99. The molecule has 5 nitrogen and oxygen atoms in total. The molecule has 2 aliphatic rings. The van der Waals surface area contributed by atoms with E-state index in [9.17, 15) is 9.90 Å². The third-order valence-electron chi connectivity index (χ3n) is 5.89. The fourth-order valence-electron chi connectivity index (χ4n) is 4.60. The molecule has 1 amide bonds. The van der Waals surface area contributed by atoms with Crippen molar-refractivity contribution in [1.82, 2.24) is 9.47 Å². The van der Waals surface area contributed by atoms with Crippen molar-refractivity contribution < 1.29 is 9.90 Å². The minimum Gasteiger partial charge on any atom is -0.391 e. The number of amides is 1. The molecular formula is C21H29N3O2. The van der Waals surface area contributed by atoms with Crippen LogP contribution in [0.25, 0.3) is 10.9 Å². The van der Waals surface area contributed by atoms with Crippen LogP contribution in [0.3, 0.4) is 0 Å². The Morgan fingerprint density at radius 2 is 2.08 bits per heavy atom. The molecule has 1 atom stereocenters. The summed E-state index contributed by atoms with van der Waals surface area (Å²) in [6.07, 6.45) is 6.94. The van der Waals surface area contributed by atoms with E-state index in [0.717, 1.165) is 50.8 Å². The topological polar surface area (TPSA) is 71.5 Å². The van der Waals surface area contributed by atoms with Crippen molar-refractivity contribution in [2.75, 3.05) is 19.6 Å². The van der Waals surface area contributed by atoms with Gasteiger partial charge in [0.15, 0.2) is 0 Å². The van der Waals surface area contributed by atoms with Gasteiger partial charge in [0.05, 0.1) is 6.10 Å². The molecule has 0 radical (unpaired) electrons. The smallest absolute Gasteiger partial charge is 0.253 e. The van der Waals surface area contributed by atoms with Crippen LogP contribution in [0.2, 0.25) is 0 Å². The molecular weight excluding hydrogens is 326 g/mol. The predicted octanol–water partition coefficient (Wildman–Crippen LogP) is 2.47. The van der Waals surface area contributed by atoms with Crippen molar-refractivity contribution in [3.05, 3.63) is 35.0 Å². The molecule has 140 valence electrons. The molecule has 1 saturated heterocycles. The first-order valence-corrected chi connectivity index (χ1v) is 10.0. The first kappa shape index (κ1) is 17.6. The van der Waals surface area contributed by atoms with Gasteiger partial charge in [-0.2, -0.15) is 0 Å². The Kier molecular flexibility index (Phi) is 5.00. The zero-order valence-electron chi connectivity index (χ0n) is 15.4. The predicted molar refractivity (Wildman–Crippen MR) is 103 cm³/mol. The third-order valence-corrected chi connectivity index (χ3v) is 5.89. The molecule has 2 heterocycles. The summed E-state index contributed by atoms with van der Waals surface area (Å²) in [6, 6.07) is 6.15. The van der Waals surface area contributed by atoms with E-state index in [-0.39, 0.29) is 12.0 Å². The van der Waals surface area contributed by atoms with Crippen molar-refractivity contribution in [2.45, 2.75) is 57.6 Å². The quantitative estimate of drug-likeness (QED) is 0.885. The van der Waals surface area contributed by atoms with Crippen molar-refractivity contribution in [2.24, 2.45) is 5.73 Å². The van der Waals surface area contributed by atoms with Crippen molar-refractivity contribution >= 4 is 16.8 Å². The van der Waals surface area contributed by atoms with E-state index in [4.69, 9.17) is 5.73 Å². The molecule has 26 heavy (non-hydrogen) atoms. The number of likely N-dealkylation sites (tertiary alicyclic amines) is 1. The molecule has 4 rings (SSSR count). The molecule has 0 saturated carbocycles. The van der Waals surface area contributed by atoms with Gasteiger partial charge in [0.25, 0.3) is 5.91 Å². The number of aryl methyl sites for hydroxylation is 2. The summed E-state index contributed by atoms with van der Waals surface area (Å²) in [5, 5.41) is 11.1. The summed E-state index contributed by atoms with van der Waals surface area (Å²) < 4.78 is 2.43. The van der Waals surface area contributed by atoms with Gasteiger partial charge in [0.2, 0.25) is 0 Å². The lowest BCUT2D eigenvalue weighted by Gasteiger charge is -2.30. The van der Waals surface area contributed by atoms with E-state index >= 15 is 0 Å². The maximum absolute atomic E-state index is 12.9. The highest BCUT2D eigenvalue weighted by Gasteiger charge is 2.25. The van der Waals surface area contributed by atoms with E-state index in [1.807, 2.05) is 6.07 Å². The number of aliphatic hydroxyl groups excluding tert-OH is 1. The van der Waals surface area contributed by atoms with E-state index in [1.165, 1.54) is 35.0 Å². The molecule has 5 heteroatoms. The maximum Gasteiger partial charge on any atom is 0.253 e. The summed E-state index contributed by atoms with van der Waals surface area (Å²) in [5.74, 6) is 0.0462. The third kappa shape index (κ3) is 3.14. The average molecular weight is 355 g/mol. The van der Waals surface area contributed by atoms with Crippen LogP contribution in [0.1, 0.15) is 53.7 Å². The van der Waals surface area contributed by atoms with Crippen molar-refractivity contribution in [3.63, 3.8) is 0 Å². The minimum atomic E-state index is -0.387. The molecule has 1 aliphatic heterocycles. The Balaban J connectivity index is 1.71. The van der Waals surface area contributed by atoms with Gasteiger partial charge in [0.1, 0.15) is 0 Å². The number of fused-ring (bicyclic) bond motifs is 3. The molecule has 1 aliphatic carbocycles. The number of nitrogens with zero attached hydrogens (tertiary/aromatic N) is 2. The number of benzene rings is 1. The highest BCUT2D eigenvalue weighted by Crippen LogP contribution is 2.33. The van der Waals surface area contributed by atoms with Gasteiger partial charge in [-0.05, 0) is 75.3 Å². The Hall–Kier alpha value is -1.85. The van der Waals surface area contributed by atoms with Gasteiger partial charge in [0, 0.05) is 41.8 Å². The Morgan fingerprint density at radius 3 is 2.88 bits per heavy atom. The van der Waals surface area contributed by atoms with Crippen LogP contribution in [-0.2, 0) is 19.4 Å². The number of carbonyl (C=O) groups excluding carboxylic acids is 1. The Labute approximate surface area is 154 Å². The van der Waals surface area contributed by atoms with Crippen LogP contribution in [-0.4, -0.2) is 46.2 Å². The monoisotopic (exact) mass is 355 g/mol. The van der Waals surface area contributed by atoms with Crippen molar-refractivity contribution in [3.8, 4) is 0 Å². The lowest BCUT2D eigenvalue weighted by Crippen LogP contribution is -2.42. The lowest BCUT2D eigenvalue weighted by atomic mass is 9.95. The number of carbonyl (C=O) groups is 1. The highest BCUT2D eigenvalue weighted by atomic mass is 16.3. The fraction of sp³-hybridized carbons (Fsp3) is 0.571. The van der Waals surface area contributed by atoms with Crippen LogP contribution in [0.4, 0.5) is 0 Å². The number of aromatic nitrogens is 1. The van der Waals surface area contributed by atoms with Crippen LogP contribution < -0.4 is 5.73 Å². The van der Waals surface area contributed by atoms with Crippen LogP contribution in [0, 0.1) is 0 Å². The van der Waals surface area contributed by atoms with Gasteiger partial charge in [-0.25, -0.2) is 0 Å². The van der Waals surface area contributed by atoms with Gasteiger partial charge in [-0.1, -0.05) is 0 Å². The Morgan fingerprint density at radius 1 is 1.23 bits per heavy atom. The van der Waals surface area contributed by atoms with E-state index in [1.54, 1.807) is 4.90 Å². The summed E-state index contributed by atoms with van der Waals surface area (Å²) in [4.78, 5) is 14.7. The second-order valence-electron chi connectivity index (χ2n) is 7.71. The molecule has 2 aromatic rings. The standard InChI is InChI=1S/C21H29N3O2/c22-10-4-12-24-19-7-2-1-6-17(19)18-13-15(8-9-20(18)24)21(26)23-11-3-5-16(25)14-23/h8-9,13,16,25H,1-7,10-12,14,22H2. The minimum absolute atomic E-state index is 0.0462. The summed E-state index contributed by atoms with van der Waals surface area (Å²) in [6.45, 7) is 2.84. The van der Waals surface area contributed by atoms with E-state index in [2.05, 4.69) is 16.7 Å². The molecule has 1 aromatic carbocycles. The second kappa shape index (κ2) is 7.41. The van der Waals surface area contributed by atoms with Crippen LogP contribution in [0.15, 0.2) is 18.2 Å². The zero-order valence-corrected chi connectivity index (χ0v) is 15.4. The van der Waals surface area contributed by atoms with Crippen LogP contribution in [0.5, 0.6) is 0 Å². The van der Waals surface area contributed by atoms with Gasteiger partial charge in [-0.3, -0.25) is 4.79 Å². The summed E-state index contributed by atoms with van der Waals surface area (Å²) in [7, 11) is 0. The highest BCUT2D eigenvalue weighted by molar-refractivity contribution is 5.99. The normalized spacial score (nSPS) is 20.4. The first-order valence-electron chi connectivity index (χ1n) is 10.0. The SMILES string of the molecule is NCCCn1c2c(c3cc(C(=O)N4CCCC(O)C4)ccc31)CCCC2. The van der Waals surface area contributed by atoms with Gasteiger partial charge < -0.3 is 20.3 Å². The second-order valence-corrected chi connectivity index (χ2v) is 7.71. The van der Waals surface area contributed by atoms with Gasteiger partial charge >= 0.3 is 0 Å². The van der Waals surface area contributed by atoms with Gasteiger partial charge in [-0.15, -0.1) is 0 Å². The number of β-amino-alcohol motifs (C(OH)–C–C–N with tert-alkyl or cyclic N) is 1. The number of hydrogen-bond acceptors (Lipinski definition) is 3. The fourth-order valence-corrected chi connectivity index (χ4v) is 4.60. The van der Waals surface area contributed by atoms with E-state index in [0.29, 0.717) is 13.1 Å². The number of hydrogen-bond donors (Lipinski definition) is 2. The Bertz CT molecular complexity index is 811. The molecule has 1 aromatic heterocycles. The maximum atomic E-state index is 12.9. The molecule has 1 fully saturated rings. The lowest BCUT2D eigenvalue weighted by molar-refractivity contribution is 0.0474. The molecule has 0 bridgehead atoms. The molecule has 0 spiro atoms. The number of aliphatic hydroxyl groups is 1. The summed E-state index contributed by atoms with van der Waals surface area (Å²) in [5.41, 5.74) is 10.6. The summed E-state index contributed by atoms with van der Waals surface area (Å²) >= 11 is 0. The number of piperidine rings is 1. The van der Waals surface area contributed by atoms with Crippen molar-refractivity contribution in [1.29, 1.82) is 0 Å². The zero-order chi connectivity index (χ0) is 18.1. The number of nitrogens with two attached hydrogens (primary N) is 1. The first-order chi connectivity index (χ1) is 12.7. The largest absolute Gasteiger partial charge is 0.391 e. The molecule has 3 N–H and O–H groups in total. The van der Waals surface area contributed by atoms with Crippen LogP contribution >= 0.6 is 0 Å². The van der Waals surface area contributed by atoms with E-state index < -0.39 is 0 Å². The molecule has 1 unspecified atom stereocenters.